The lowest BCUT2D eigenvalue weighted by molar-refractivity contribution is -0.122. The van der Waals surface area contributed by atoms with E-state index in [0.717, 1.165) is 22.6 Å². The van der Waals surface area contributed by atoms with E-state index in [0.29, 0.717) is 29.6 Å². The SMILES string of the molecule is COc1ccc(C)cc1N1CC(C(=O)Nc2cccc(Nc3nc(C)cc(C)n3)c2)CC1=O. The third-order valence-electron chi connectivity index (χ3n) is 5.49. The molecule has 2 heterocycles. The van der Waals surface area contributed by atoms with Crippen molar-refractivity contribution in [1.29, 1.82) is 0 Å². The van der Waals surface area contributed by atoms with Crippen molar-refractivity contribution in [3.63, 3.8) is 0 Å². The van der Waals surface area contributed by atoms with Crippen molar-refractivity contribution in [3.8, 4) is 5.75 Å². The summed E-state index contributed by atoms with van der Waals surface area (Å²) in [5, 5.41) is 6.11. The fourth-order valence-corrected chi connectivity index (χ4v) is 3.96. The predicted octanol–water partition coefficient (Wildman–Crippen LogP) is 4.15. The van der Waals surface area contributed by atoms with Gasteiger partial charge in [0.05, 0.1) is 18.7 Å². The van der Waals surface area contributed by atoms with Gasteiger partial charge >= 0.3 is 0 Å². The number of amides is 2. The molecule has 3 aromatic rings. The molecule has 1 aliphatic heterocycles. The summed E-state index contributed by atoms with van der Waals surface area (Å²) in [6.07, 6.45) is 0.150. The van der Waals surface area contributed by atoms with Crippen LogP contribution >= 0.6 is 0 Å². The maximum absolute atomic E-state index is 13.0. The van der Waals surface area contributed by atoms with Crippen LogP contribution in [-0.2, 0) is 9.59 Å². The Kier molecular flexibility index (Phi) is 6.26. The minimum atomic E-state index is -0.456. The van der Waals surface area contributed by atoms with Crippen LogP contribution in [0.15, 0.2) is 48.5 Å². The van der Waals surface area contributed by atoms with Gasteiger partial charge in [-0.1, -0.05) is 12.1 Å². The van der Waals surface area contributed by atoms with Crippen LogP contribution in [0.25, 0.3) is 0 Å². The molecule has 1 saturated heterocycles. The van der Waals surface area contributed by atoms with E-state index in [4.69, 9.17) is 4.74 Å². The first kappa shape index (κ1) is 22.3. The standard InChI is InChI=1S/C25H27N5O3/c1-15-8-9-22(33-4)21(10-15)30-14-18(12-23(30)31)24(32)28-19-6-5-7-20(13-19)29-25-26-16(2)11-17(3)27-25/h5-11,13,18H,12,14H2,1-4H3,(H,28,32)(H,26,27,29). The molecule has 0 spiro atoms. The minimum absolute atomic E-state index is 0.0959. The van der Waals surface area contributed by atoms with E-state index in [-0.39, 0.29) is 18.2 Å². The number of methoxy groups -OCH3 is 1. The van der Waals surface area contributed by atoms with Gasteiger partial charge in [0.2, 0.25) is 17.8 Å². The van der Waals surface area contributed by atoms with Gasteiger partial charge in [-0.25, -0.2) is 9.97 Å². The topological polar surface area (TPSA) is 96.5 Å². The summed E-state index contributed by atoms with van der Waals surface area (Å²) >= 11 is 0. The molecule has 1 aromatic heterocycles. The van der Waals surface area contributed by atoms with Crippen LogP contribution in [0.2, 0.25) is 0 Å². The number of carbonyl (C=O) groups excluding carboxylic acids is 2. The van der Waals surface area contributed by atoms with Crippen molar-refractivity contribution in [2.45, 2.75) is 27.2 Å². The van der Waals surface area contributed by atoms with Gasteiger partial charge in [-0.2, -0.15) is 0 Å². The van der Waals surface area contributed by atoms with Crippen LogP contribution in [0.4, 0.5) is 23.0 Å². The van der Waals surface area contributed by atoms with Crippen LogP contribution < -0.4 is 20.3 Å². The van der Waals surface area contributed by atoms with Crippen molar-refractivity contribution >= 4 is 34.8 Å². The van der Waals surface area contributed by atoms with Crippen LogP contribution in [0.5, 0.6) is 5.75 Å². The summed E-state index contributed by atoms with van der Waals surface area (Å²) in [6, 6.07) is 14.9. The van der Waals surface area contributed by atoms with Crippen molar-refractivity contribution in [1.82, 2.24) is 9.97 Å². The Labute approximate surface area is 193 Å². The molecule has 2 N–H and O–H groups in total. The highest BCUT2D eigenvalue weighted by Gasteiger charge is 2.36. The second-order valence-corrected chi connectivity index (χ2v) is 8.25. The highest BCUT2D eigenvalue weighted by Crippen LogP contribution is 2.34. The number of carbonyl (C=O) groups is 2. The van der Waals surface area contributed by atoms with Gasteiger partial charge in [0.1, 0.15) is 5.75 Å². The molecule has 170 valence electrons. The average Bonchev–Trinajstić information content (AvgIpc) is 3.15. The molecule has 33 heavy (non-hydrogen) atoms. The summed E-state index contributed by atoms with van der Waals surface area (Å²) < 4.78 is 5.42. The molecule has 1 fully saturated rings. The zero-order chi connectivity index (χ0) is 23.5. The Balaban J connectivity index is 1.45. The fraction of sp³-hybridized carbons (Fsp3) is 0.280. The fourth-order valence-electron chi connectivity index (χ4n) is 3.96. The Morgan fingerprint density at radius 1 is 1.03 bits per heavy atom. The molecule has 2 aromatic carbocycles. The maximum Gasteiger partial charge on any atom is 0.229 e. The number of hydrogen-bond acceptors (Lipinski definition) is 6. The molecular formula is C25H27N5O3. The first-order chi connectivity index (χ1) is 15.8. The van der Waals surface area contributed by atoms with E-state index < -0.39 is 5.92 Å². The zero-order valence-corrected chi connectivity index (χ0v) is 19.2. The third kappa shape index (κ3) is 5.11. The number of hydrogen-bond donors (Lipinski definition) is 2. The van der Waals surface area contributed by atoms with Gasteiger partial charge in [-0.15, -0.1) is 0 Å². The van der Waals surface area contributed by atoms with Gasteiger partial charge in [-0.3, -0.25) is 9.59 Å². The van der Waals surface area contributed by atoms with E-state index in [2.05, 4.69) is 20.6 Å². The normalized spacial score (nSPS) is 15.5. The molecule has 0 radical (unpaired) electrons. The molecule has 1 aliphatic rings. The number of benzene rings is 2. The zero-order valence-electron chi connectivity index (χ0n) is 19.2. The summed E-state index contributed by atoms with van der Waals surface area (Å²) in [5.41, 5.74) is 4.84. The van der Waals surface area contributed by atoms with E-state index in [9.17, 15) is 9.59 Å². The molecule has 0 saturated carbocycles. The molecule has 2 amide bonds. The van der Waals surface area contributed by atoms with Gasteiger partial charge in [0.25, 0.3) is 0 Å². The van der Waals surface area contributed by atoms with Crippen molar-refractivity contribution < 1.29 is 14.3 Å². The molecule has 1 unspecified atom stereocenters. The second kappa shape index (κ2) is 9.28. The maximum atomic E-state index is 13.0. The lowest BCUT2D eigenvalue weighted by atomic mass is 10.1. The van der Waals surface area contributed by atoms with E-state index in [1.54, 1.807) is 12.0 Å². The largest absolute Gasteiger partial charge is 0.495 e. The first-order valence-electron chi connectivity index (χ1n) is 10.8. The van der Waals surface area contributed by atoms with Crippen LogP contribution in [0, 0.1) is 26.7 Å². The van der Waals surface area contributed by atoms with Crippen molar-refractivity contribution in [3.05, 3.63) is 65.5 Å². The summed E-state index contributed by atoms with van der Waals surface area (Å²) in [4.78, 5) is 36.1. The number of ether oxygens (including phenoxy) is 1. The summed E-state index contributed by atoms with van der Waals surface area (Å²) in [5.74, 6) is 0.364. The monoisotopic (exact) mass is 445 g/mol. The smallest absolute Gasteiger partial charge is 0.229 e. The summed E-state index contributed by atoms with van der Waals surface area (Å²) in [6.45, 7) is 6.08. The number of nitrogens with zero attached hydrogens (tertiary/aromatic N) is 3. The Morgan fingerprint density at radius 2 is 1.76 bits per heavy atom. The van der Waals surface area contributed by atoms with Crippen LogP contribution in [0.3, 0.4) is 0 Å². The average molecular weight is 446 g/mol. The Morgan fingerprint density at radius 3 is 2.48 bits per heavy atom. The number of nitrogens with one attached hydrogen (secondary N) is 2. The highest BCUT2D eigenvalue weighted by molar-refractivity contribution is 6.04. The van der Waals surface area contributed by atoms with Crippen molar-refractivity contribution in [2.75, 3.05) is 29.2 Å². The molecule has 8 heteroatoms. The molecule has 1 atom stereocenters. The quantitative estimate of drug-likeness (QED) is 0.592. The van der Waals surface area contributed by atoms with Crippen LogP contribution in [-0.4, -0.2) is 35.4 Å². The third-order valence-corrected chi connectivity index (χ3v) is 5.49. The van der Waals surface area contributed by atoms with Crippen molar-refractivity contribution in [2.24, 2.45) is 5.92 Å². The van der Waals surface area contributed by atoms with E-state index in [1.165, 1.54) is 0 Å². The molecule has 0 aliphatic carbocycles. The minimum Gasteiger partial charge on any atom is -0.495 e. The lowest BCUT2D eigenvalue weighted by Crippen LogP contribution is -2.28. The molecule has 0 bridgehead atoms. The van der Waals surface area contributed by atoms with Crippen LogP contribution in [0.1, 0.15) is 23.4 Å². The van der Waals surface area contributed by atoms with E-state index >= 15 is 0 Å². The number of aromatic nitrogens is 2. The Bertz CT molecular complexity index is 1190. The molecule has 4 rings (SSSR count). The predicted molar refractivity (Wildman–Crippen MR) is 128 cm³/mol. The highest BCUT2D eigenvalue weighted by atomic mass is 16.5. The summed E-state index contributed by atoms with van der Waals surface area (Å²) in [7, 11) is 1.57. The lowest BCUT2D eigenvalue weighted by Gasteiger charge is -2.20. The van der Waals surface area contributed by atoms with E-state index in [1.807, 2.05) is 69.3 Å². The number of rotatable bonds is 6. The van der Waals surface area contributed by atoms with Gasteiger partial charge in [0, 0.05) is 35.7 Å². The molecule has 8 nitrogen and oxygen atoms in total. The van der Waals surface area contributed by atoms with Gasteiger partial charge in [-0.05, 0) is 62.7 Å². The number of aryl methyl sites for hydroxylation is 3. The second-order valence-electron chi connectivity index (χ2n) is 8.25. The van der Waals surface area contributed by atoms with Gasteiger partial charge < -0.3 is 20.3 Å². The van der Waals surface area contributed by atoms with Gasteiger partial charge in [0.15, 0.2) is 0 Å². The first-order valence-corrected chi connectivity index (χ1v) is 10.8. The Hall–Kier alpha value is -3.94. The molecular weight excluding hydrogens is 418 g/mol. The number of anilines is 4.